The van der Waals surface area contributed by atoms with Gasteiger partial charge in [-0.05, 0) is 49.9 Å². The minimum Gasteiger partial charge on any atom is -0.406 e. The molecule has 1 aliphatic rings. The lowest BCUT2D eigenvalue weighted by molar-refractivity contribution is -0.274. The molecule has 0 spiro atoms. The molecule has 1 aromatic heterocycles. The summed E-state index contributed by atoms with van der Waals surface area (Å²) in [5, 5.41) is 9.65. The van der Waals surface area contributed by atoms with Crippen molar-refractivity contribution in [3.63, 3.8) is 0 Å². The maximum Gasteiger partial charge on any atom is 0.573 e. The molecule has 0 bridgehead atoms. The van der Waals surface area contributed by atoms with Gasteiger partial charge in [0, 0.05) is 23.8 Å². The number of halogens is 3. The number of nitrogens with zero attached hydrogens (tertiary/aromatic N) is 3. The summed E-state index contributed by atoms with van der Waals surface area (Å²) < 4.78 is 46.2. The van der Waals surface area contributed by atoms with Crippen LogP contribution in [-0.2, 0) is 0 Å². The molecule has 0 radical (unpaired) electrons. The fourth-order valence-corrected chi connectivity index (χ4v) is 3.56. The summed E-state index contributed by atoms with van der Waals surface area (Å²) in [7, 11) is 1.88. The number of para-hydroxylation sites is 1. The standard InChI is InChI=1S/C21H20F3N5O3/c1-29-12-15(26-20(30)25-14-5-3-2-4-6-14)11-17(29)19-27-18(28-32-19)13-7-9-16(10-8-13)31-21(22,23)24/h2-10,15,17H,11-12H2,1H3,(H2,25,26,30). The van der Waals surface area contributed by atoms with Crippen molar-refractivity contribution in [1.82, 2.24) is 20.4 Å². The molecular formula is C21H20F3N5O3. The highest BCUT2D eigenvalue weighted by Crippen LogP contribution is 2.31. The fourth-order valence-electron chi connectivity index (χ4n) is 3.56. The maximum atomic E-state index is 12.3. The quantitative estimate of drug-likeness (QED) is 0.609. The molecular weight excluding hydrogens is 427 g/mol. The molecule has 4 rings (SSSR count). The van der Waals surface area contributed by atoms with E-state index in [1.807, 2.05) is 30.1 Å². The van der Waals surface area contributed by atoms with E-state index in [0.29, 0.717) is 30.1 Å². The molecule has 1 saturated heterocycles. The lowest BCUT2D eigenvalue weighted by atomic mass is 10.1. The molecule has 8 nitrogen and oxygen atoms in total. The summed E-state index contributed by atoms with van der Waals surface area (Å²) in [6.45, 7) is 0.591. The third kappa shape index (κ3) is 5.35. The van der Waals surface area contributed by atoms with Crippen LogP contribution < -0.4 is 15.4 Å². The van der Waals surface area contributed by atoms with E-state index in [9.17, 15) is 18.0 Å². The predicted octanol–water partition coefficient (Wildman–Crippen LogP) is 4.20. The van der Waals surface area contributed by atoms with Crippen LogP contribution in [0.25, 0.3) is 11.4 Å². The molecule has 1 fully saturated rings. The summed E-state index contributed by atoms with van der Waals surface area (Å²) in [6, 6.07) is 13.7. The molecule has 11 heteroatoms. The van der Waals surface area contributed by atoms with Crippen molar-refractivity contribution in [3.05, 3.63) is 60.5 Å². The van der Waals surface area contributed by atoms with Gasteiger partial charge in [0.1, 0.15) is 5.75 Å². The van der Waals surface area contributed by atoms with Crippen molar-refractivity contribution in [2.45, 2.75) is 24.9 Å². The van der Waals surface area contributed by atoms with Gasteiger partial charge in [0.2, 0.25) is 11.7 Å². The van der Waals surface area contributed by atoms with Gasteiger partial charge in [-0.25, -0.2) is 4.79 Å². The van der Waals surface area contributed by atoms with Crippen LogP contribution in [0, 0.1) is 0 Å². The third-order valence-corrected chi connectivity index (χ3v) is 4.99. The third-order valence-electron chi connectivity index (χ3n) is 4.99. The first-order valence-electron chi connectivity index (χ1n) is 9.79. The van der Waals surface area contributed by atoms with Gasteiger partial charge >= 0.3 is 12.4 Å². The van der Waals surface area contributed by atoms with E-state index in [-0.39, 0.29) is 29.7 Å². The first-order valence-corrected chi connectivity index (χ1v) is 9.79. The zero-order chi connectivity index (χ0) is 22.7. The van der Waals surface area contributed by atoms with E-state index >= 15 is 0 Å². The lowest BCUT2D eigenvalue weighted by Gasteiger charge is -2.14. The normalized spacial score (nSPS) is 19.0. The number of rotatable bonds is 5. The lowest BCUT2D eigenvalue weighted by Crippen LogP contribution is -2.39. The molecule has 2 aromatic carbocycles. The van der Waals surface area contributed by atoms with Gasteiger partial charge in [0.25, 0.3) is 0 Å². The maximum absolute atomic E-state index is 12.3. The van der Waals surface area contributed by atoms with Crippen LogP contribution >= 0.6 is 0 Å². The Labute approximate surface area is 181 Å². The van der Waals surface area contributed by atoms with Gasteiger partial charge in [0.15, 0.2) is 0 Å². The number of carbonyl (C=O) groups is 1. The highest BCUT2D eigenvalue weighted by atomic mass is 19.4. The predicted molar refractivity (Wildman–Crippen MR) is 109 cm³/mol. The Bertz CT molecular complexity index is 1060. The number of aromatic nitrogens is 2. The number of anilines is 1. The van der Waals surface area contributed by atoms with Gasteiger partial charge in [-0.15, -0.1) is 13.2 Å². The Morgan fingerprint density at radius 2 is 1.88 bits per heavy atom. The first-order chi connectivity index (χ1) is 15.3. The molecule has 32 heavy (non-hydrogen) atoms. The van der Waals surface area contributed by atoms with Crippen LogP contribution in [0.1, 0.15) is 18.4 Å². The molecule has 2 unspecified atom stereocenters. The molecule has 2 atom stereocenters. The summed E-state index contributed by atoms with van der Waals surface area (Å²) in [5.41, 5.74) is 1.19. The van der Waals surface area contributed by atoms with E-state index < -0.39 is 6.36 Å². The number of likely N-dealkylation sites (N-methyl/N-ethyl adjacent to an activating group) is 1. The van der Waals surface area contributed by atoms with Crippen molar-refractivity contribution in [2.75, 3.05) is 18.9 Å². The van der Waals surface area contributed by atoms with Gasteiger partial charge in [-0.1, -0.05) is 23.4 Å². The van der Waals surface area contributed by atoms with Gasteiger partial charge in [0.05, 0.1) is 6.04 Å². The largest absolute Gasteiger partial charge is 0.573 e. The van der Waals surface area contributed by atoms with Gasteiger partial charge in [-0.3, -0.25) is 4.90 Å². The number of ether oxygens (including phenoxy) is 1. The second-order valence-corrected chi connectivity index (χ2v) is 7.38. The number of carbonyl (C=O) groups excluding carboxylic acids is 1. The number of hydrogen-bond acceptors (Lipinski definition) is 6. The van der Waals surface area contributed by atoms with Crippen molar-refractivity contribution in [1.29, 1.82) is 0 Å². The molecule has 1 aliphatic heterocycles. The fraction of sp³-hybridized carbons (Fsp3) is 0.286. The summed E-state index contributed by atoms with van der Waals surface area (Å²) in [6.07, 6.45) is -4.19. The average molecular weight is 447 g/mol. The van der Waals surface area contributed by atoms with E-state index in [1.54, 1.807) is 12.1 Å². The summed E-state index contributed by atoms with van der Waals surface area (Å²) in [5.74, 6) is 0.291. The van der Waals surface area contributed by atoms with E-state index in [2.05, 4.69) is 25.5 Å². The monoisotopic (exact) mass is 447 g/mol. The Morgan fingerprint density at radius 1 is 1.16 bits per heavy atom. The number of amides is 2. The zero-order valence-corrected chi connectivity index (χ0v) is 17.0. The highest BCUT2D eigenvalue weighted by molar-refractivity contribution is 5.89. The topological polar surface area (TPSA) is 92.5 Å². The Balaban J connectivity index is 1.37. The molecule has 0 saturated carbocycles. The summed E-state index contributed by atoms with van der Waals surface area (Å²) >= 11 is 0. The van der Waals surface area contributed by atoms with Gasteiger partial charge in [-0.2, -0.15) is 4.98 Å². The van der Waals surface area contributed by atoms with Crippen LogP contribution in [0.4, 0.5) is 23.7 Å². The van der Waals surface area contributed by atoms with Crippen molar-refractivity contribution >= 4 is 11.7 Å². The van der Waals surface area contributed by atoms with Crippen LogP contribution in [-0.4, -0.2) is 47.1 Å². The molecule has 2 amide bonds. The minimum absolute atomic E-state index is 0.122. The number of urea groups is 1. The van der Waals surface area contributed by atoms with Crippen molar-refractivity contribution in [2.24, 2.45) is 0 Å². The molecule has 2 heterocycles. The SMILES string of the molecule is CN1CC(NC(=O)Nc2ccccc2)CC1c1nc(-c2ccc(OC(F)(F)F)cc2)no1. The highest BCUT2D eigenvalue weighted by Gasteiger charge is 2.35. The van der Waals surface area contributed by atoms with Crippen LogP contribution in [0.5, 0.6) is 5.75 Å². The van der Waals surface area contributed by atoms with Crippen molar-refractivity contribution in [3.8, 4) is 17.1 Å². The van der Waals surface area contributed by atoms with E-state index in [0.717, 1.165) is 0 Å². The Hall–Kier alpha value is -3.60. The van der Waals surface area contributed by atoms with Crippen LogP contribution in [0.3, 0.4) is 0 Å². The Kier molecular flexibility index (Phi) is 5.99. The Morgan fingerprint density at radius 3 is 2.56 bits per heavy atom. The molecule has 3 aromatic rings. The molecule has 0 aliphatic carbocycles. The van der Waals surface area contributed by atoms with E-state index in [1.165, 1.54) is 24.3 Å². The summed E-state index contributed by atoms with van der Waals surface area (Å²) in [4.78, 5) is 18.6. The second-order valence-electron chi connectivity index (χ2n) is 7.38. The van der Waals surface area contributed by atoms with Crippen LogP contribution in [0.15, 0.2) is 59.1 Å². The average Bonchev–Trinajstić information content (AvgIpc) is 3.34. The van der Waals surface area contributed by atoms with E-state index in [4.69, 9.17) is 4.52 Å². The second kappa shape index (κ2) is 8.87. The smallest absolute Gasteiger partial charge is 0.406 e. The zero-order valence-electron chi connectivity index (χ0n) is 17.0. The van der Waals surface area contributed by atoms with Gasteiger partial charge < -0.3 is 19.9 Å². The minimum atomic E-state index is -4.75. The van der Waals surface area contributed by atoms with Crippen molar-refractivity contribution < 1.29 is 27.2 Å². The molecule has 168 valence electrons. The molecule has 2 N–H and O–H groups in total. The number of likely N-dealkylation sites (tertiary alicyclic amines) is 1. The van der Waals surface area contributed by atoms with Crippen LogP contribution in [0.2, 0.25) is 0 Å². The number of benzene rings is 2. The number of nitrogens with one attached hydrogen (secondary N) is 2. The number of hydrogen-bond donors (Lipinski definition) is 2. The number of alkyl halides is 3. The first kappa shape index (κ1) is 21.6.